The summed E-state index contributed by atoms with van der Waals surface area (Å²) in [4.78, 5) is 35.9. The maximum absolute atomic E-state index is 12.3. The van der Waals surface area contributed by atoms with E-state index >= 15 is 0 Å². The van der Waals surface area contributed by atoms with E-state index in [-0.39, 0.29) is 0 Å². The van der Waals surface area contributed by atoms with Gasteiger partial charge in [-0.05, 0) is 19.8 Å². The maximum atomic E-state index is 12.3. The Morgan fingerprint density at radius 3 is 2.47 bits per heavy atom. The number of carbonyl (C=O) groups is 3. The molecule has 2 rings (SSSR count). The van der Waals surface area contributed by atoms with Crippen LogP contribution in [0.2, 0.25) is 0 Å². The molecule has 0 aromatic rings. The highest BCUT2D eigenvalue weighted by Crippen LogP contribution is 2.34. The summed E-state index contributed by atoms with van der Waals surface area (Å²) in [6.07, 6.45) is 3.88. The minimum absolute atomic E-state index is 0.418. The predicted octanol–water partition coefficient (Wildman–Crippen LogP) is 0.0767. The molecule has 7 nitrogen and oxygen atoms in total. The number of nitrogens with one attached hydrogen (secondary N) is 1. The predicted molar refractivity (Wildman–Crippen MR) is 64.3 cm³/mol. The van der Waals surface area contributed by atoms with Crippen LogP contribution in [-0.4, -0.2) is 50.7 Å². The van der Waals surface area contributed by atoms with Gasteiger partial charge in [0.2, 0.25) is 0 Å². The van der Waals surface area contributed by atoms with Gasteiger partial charge in [0.1, 0.15) is 5.54 Å². The number of rotatable bonds is 3. The van der Waals surface area contributed by atoms with Crippen molar-refractivity contribution < 1.29 is 24.6 Å². The Labute approximate surface area is 110 Å². The number of aliphatic carboxylic acids is 1. The normalized spacial score (nSPS) is 25.3. The molecule has 1 saturated heterocycles. The third-order valence-electron chi connectivity index (χ3n) is 3.88. The molecule has 19 heavy (non-hydrogen) atoms. The van der Waals surface area contributed by atoms with Gasteiger partial charge in [-0.15, -0.1) is 0 Å². The average molecular weight is 270 g/mol. The van der Waals surface area contributed by atoms with E-state index < -0.39 is 35.6 Å². The van der Waals surface area contributed by atoms with Crippen LogP contribution >= 0.6 is 0 Å². The fourth-order valence-corrected chi connectivity index (χ4v) is 2.69. The number of aliphatic hydroxyl groups is 1. The van der Waals surface area contributed by atoms with Crippen molar-refractivity contribution >= 4 is 17.9 Å². The van der Waals surface area contributed by atoms with Crippen molar-refractivity contribution in [3.05, 3.63) is 0 Å². The van der Waals surface area contributed by atoms with Gasteiger partial charge in [0.05, 0.1) is 6.54 Å². The third-order valence-corrected chi connectivity index (χ3v) is 3.88. The first kappa shape index (κ1) is 13.8. The van der Waals surface area contributed by atoms with Crippen LogP contribution < -0.4 is 5.32 Å². The van der Waals surface area contributed by atoms with Crippen molar-refractivity contribution in [2.24, 2.45) is 0 Å². The highest BCUT2D eigenvalue weighted by atomic mass is 16.4. The third kappa shape index (κ3) is 2.30. The zero-order chi connectivity index (χ0) is 14.3. The van der Waals surface area contributed by atoms with E-state index in [2.05, 4.69) is 5.32 Å². The SMILES string of the molecule is CC(O)(CN1C(=O)NC2(CCCCC2)C1=O)C(=O)O. The topological polar surface area (TPSA) is 107 Å². The number of carboxylic acids is 1. The Balaban J connectivity index is 2.17. The van der Waals surface area contributed by atoms with Crippen LogP contribution in [0.5, 0.6) is 0 Å². The van der Waals surface area contributed by atoms with E-state index in [4.69, 9.17) is 5.11 Å². The van der Waals surface area contributed by atoms with Gasteiger partial charge in [-0.2, -0.15) is 0 Å². The first-order valence-electron chi connectivity index (χ1n) is 6.38. The monoisotopic (exact) mass is 270 g/mol. The molecule has 1 heterocycles. The molecule has 0 bridgehead atoms. The van der Waals surface area contributed by atoms with E-state index in [0.717, 1.165) is 31.1 Å². The Bertz CT molecular complexity index is 426. The Kier molecular flexibility index (Phi) is 3.25. The first-order chi connectivity index (χ1) is 8.78. The largest absolute Gasteiger partial charge is 0.479 e. The second-order valence-corrected chi connectivity index (χ2v) is 5.54. The van der Waals surface area contributed by atoms with Gasteiger partial charge in [0.15, 0.2) is 5.60 Å². The fourth-order valence-electron chi connectivity index (χ4n) is 2.69. The van der Waals surface area contributed by atoms with Crippen LogP contribution in [0.4, 0.5) is 4.79 Å². The average Bonchev–Trinajstić information content (AvgIpc) is 2.55. The summed E-state index contributed by atoms with van der Waals surface area (Å²) in [5.74, 6) is -1.88. The van der Waals surface area contributed by atoms with Crippen molar-refractivity contribution in [3.63, 3.8) is 0 Å². The fraction of sp³-hybridized carbons (Fsp3) is 0.750. The number of imide groups is 1. The molecule has 3 N–H and O–H groups in total. The van der Waals surface area contributed by atoms with Crippen LogP contribution in [0.1, 0.15) is 39.0 Å². The molecule has 2 fully saturated rings. The molecule has 2 aliphatic rings. The molecule has 3 amide bonds. The number of β-amino-alcohol motifs (C(OH)–C–C–N with tert-alkyl or cyclic N) is 1. The number of carbonyl (C=O) groups excluding carboxylic acids is 2. The van der Waals surface area contributed by atoms with Gasteiger partial charge >= 0.3 is 12.0 Å². The molecule has 0 radical (unpaired) electrons. The number of carboxylic acid groups (broad SMARTS) is 1. The molecule has 1 spiro atoms. The summed E-state index contributed by atoms with van der Waals surface area (Å²) in [5, 5.41) is 21.2. The minimum Gasteiger partial charge on any atom is -0.479 e. The number of hydrogen-bond acceptors (Lipinski definition) is 4. The van der Waals surface area contributed by atoms with E-state index in [1.165, 1.54) is 0 Å². The molecule has 1 aliphatic carbocycles. The zero-order valence-electron chi connectivity index (χ0n) is 10.8. The number of amides is 3. The second kappa shape index (κ2) is 4.48. The second-order valence-electron chi connectivity index (χ2n) is 5.54. The van der Waals surface area contributed by atoms with Gasteiger partial charge in [0.25, 0.3) is 5.91 Å². The number of urea groups is 1. The summed E-state index contributed by atoms with van der Waals surface area (Å²) in [6, 6.07) is -0.617. The molecule has 1 atom stereocenters. The van der Waals surface area contributed by atoms with Crippen molar-refractivity contribution in [2.75, 3.05) is 6.54 Å². The quantitative estimate of drug-likeness (QED) is 0.629. The van der Waals surface area contributed by atoms with E-state index in [1.807, 2.05) is 0 Å². The summed E-state index contributed by atoms with van der Waals surface area (Å²) in [6.45, 7) is 0.538. The lowest BCUT2D eigenvalue weighted by atomic mass is 9.81. The maximum Gasteiger partial charge on any atom is 0.337 e. The smallest absolute Gasteiger partial charge is 0.337 e. The van der Waals surface area contributed by atoms with Crippen molar-refractivity contribution in [3.8, 4) is 0 Å². The minimum atomic E-state index is -2.13. The standard InChI is InChI=1S/C12H18N2O5/c1-11(19,9(16)17)7-14-8(15)12(13-10(14)18)5-3-2-4-6-12/h19H,2-7H2,1H3,(H,13,18)(H,16,17). The first-order valence-corrected chi connectivity index (χ1v) is 6.38. The van der Waals surface area contributed by atoms with Gasteiger partial charge in [-0.3, -0.25) is 9.69 Å². The van der Waals surface area contributed by atoms with Crippen LogP contribution in [0.15, 0.2) is 0 Å². The molecule has 0 aromatic carbocycles. The highest BCUT2D eigenvalue weighted by Gasteiger charge is 2.53. The lowest BCUT2D eigenvalue weighted by Crippen LogP contribution is -2.51. The van der Waals surface area contributed by atoms with Gasteiger partial charge in [0, 0.05) is 0 Å². The number of nitrogens with zero attached hydrogens (tertiary/aromatic N) is 1. The molecular weight excluding hydrogens is 252 g/mol. The van der Waals surface area contributed by atoms with Crippen molar-refractivity contribution in [1.29, 1.82) is 0 Å². The molecule has 7 heteroatoms. The van der Waals surface area contributed by atoms with Gasteiger partial charge in [-0.25, -0.2) is 9.59 Å². The Morgan fingerprint density at radius 2 is 1.95 bits per heavy atom. The summed E-state index contributed by atoms with van der Waals surface area (Å²) in [7, 11) is 0. The van der Waals surface area contributed by atoms with Crippen LogP contribution in [0.25, 0.3) is 0 Å². The molecule has 106 valence electrons. The molecule has 1 aliphatic heterocycles. The lowest BCUT2D eigenvalue weighted by Gasteiger charge is -2.31. The summed E-state index contributed by atoms with van der Waals surface area (Å²) < 4.78 is 0. The van der Waals surface area contributed by atoms with Crippen molar-refractivity contribution in [2.45, 2.75) is 50.2 Å². The van der Waals surface area contributed by atoms with Gasteiger partial charge in [-0.1, -0.05) is 19.3 Å². The molecule has 1 unspecified atom stereocenters. The Morgan fingerprint density at radius 1 is 1.37 bits per heavy atom. The highest BCUT2D eigenvalue weighted by molar-refractivity contribution is 6.07. The molecular formula is C12H18N2O5. The van der Waals surface area contributed by atoms with E-state index in [0.29, 0.717) is 12.8 Å². The van der Waals surface area contributed by atoms with Gasteiger partial charge < -0.3 is 15.5 Å². The summed E-state index contributed by atoms with van der Waals surface area (Å²) in [5.41, 5.74) is -3.02. The van der Waals surface area contributed by atoms with Crippen molar-refractivity contribution in [1.82, 2.24) is 10.2 Å². The van der Waals surface area contributed by atoms with Crippen LogP contribution in [-0.2, 0) is 9.59 Å². The van der Waals surface area contributed by atoms with Crippen LogP contribution in [0, 0.1) is 0 Å². The number of hydrogen-bond donors (Lipinski definition) is 3. The lowest BCUT2D eigenvalue weighted by molar-refractivity contribution is -0.158. The molecule has 1 saturated carbocycles. The van der Waals surface area contributed by atoms with E-state index in [9.17, 15) is 19.5 Å². The zero-order valence-corrected chi connectivity index (χ0v) is 10.8. The Hall–Kier alpha value is -1.63. The molecule has 0 aromatic heterocycles. The van der Waals surface area contributed by atoms with E-state index in [1.54, 1.807) is 0 Å². The summed E-state index contributed by atoms with van der Waals surface area (Å²) >= 11 is 0. The van der Waals surface area contributed by atoms with Crippen LogP contribution in [0.3, 0.4) is 0 Å².